The maximum absolute atomic E-state index is 11.6. The van der Waals surface area contributed by atoms with Gasteiger partial charge in [-0.05, 0) is 58.7 Å². The molecule has 0 aliphatic heterocycles. The Morgan fingerprint density at radius 3 is 2.45 bits per heavy atom. The third-order valence-electron chi connectivity index (χ3n) is 2.70. The van der Waals surface area contributed by atoms with E-state index in [2.05, 4.69) is 21.2 Å². The molecule has 0 amide bonds. The van der Waals surface area contributed by atoms with Crippen molar-refractivity contribution in [2.24, 2.45) is 5.14 Å². The van der Waals surface area contributed by atoms with Crippen molar-refractivity contribution in [3.63, 3.8) is 0 Å². The first-order valence-corrected chi connectivity index (χ1v) is 8.07. The SMILES string of the molecule is Cc1ccc(Br)c(Nc2ccc(N)cc2S(N)(=O)=O)c1. The first-order valence-electron chi connectivity index (χ1n) is 5.73. The lowest BCUT2D eigenvalue weighted by molar-refractivity contribution is 0.598. The molecule has 0 atom stereocenters. The molecule has 7 heteroatoms. The molecule has 0 saturated heterocycles. The summed E-state index contributed by atoms with van der Waals surface area (Å²) in [4.78, 5) is -0.0362. The predicted octanol–water partition coefficient (Wildman–Crippen LogP) is 2.73. The minimum absolute atomic E-state index is 0.0362. The van der Waals surface area contributed by atoms with Crippen LogP contribution in [0.1, 0.15) is 5.56 Å². The number of anilines is 3. The van der Waals surface area contributed by atoms with E-state index in [9.17, 15) is 8.42 Å². The average molecular weight is 356 g/mol. The van der Waals surface area contributed by atoms with Gasteiger partial charge in [-0.1, -0.05) is 6.07 Å². The van der Waals surface area contributed by atoms with Gasteiger partial charge < -0.3 is 11.1 Å². The molecule has 20 heavy (non-hydrogen) atoms. The van der Waals surface area contributed by atoms with Crippen LogP contribution in [0.15, 0.2) is 45.8 Å². The molecule has 0 unspecified atom stereocenters. The van der Waals surface area contributed by atoms with Gasteiger partial charge in [-0.25, -0.2) is 13.6 Å². The highest BCUT2D eigenvalue weighted by atomic mass is 79.9. The molecule has 0 radical (unpaired) electrons. The van der Waals surface area contributed by atoms with Gasteiger partial charge in [0, 0.05) is 10.2 Å². The number of sulfonamides is 1. The van der Waals surface area contributed by atoms with Crippen molar-refractivity contribution < 1.29 is 8.42 Å². The van der Waals surface area contributed by atoms with Crippen LogP contribution in [0.4, 0.5) is 17.1 Å². The zero-order valence-corrected chi connectivity index (χ0v) is 13.1. The van der Waals surface area contributed by atoms with E-state index in [4.69, 9.17) is 10.9 Å². The first kappa shape index (κ1) is 14.8. The molecule has 2 aromatic rings. The lowest BCUT2D eigenvalue weighted by Gasteiger charge is -2.13. The van der Waals surface area contributed by atoms with E-state index in [-0.39, 0.29) is 4.90 Å². The molecule has 0 spiro atoms. The lowest BCUT2D eigenvalue weighted by Crippen LogP contribution is -2.14. The van der Waals surface area contributed by atoms with Crippen LogP contribution in [0.5, 0.6) is 0 Å². The molecule has 5 N–H and O–H groups in total. The number of nitrogens with two attached hydrogens (primary N) is 2. The highest BCUT2D eigenvalue weighted by Crippen LogP contribution is 2.30. The van der Waals surface area contributed by atoms with E-state index >= 15 is 0 Å². The number of benzene rings is 2. The zero-order chi connectivity index (χ0) is 14.9. The van der Waals surface area contributed by atoms with Gasteiger partial charge >= 0.3 is 0 Å². The fraction of sp³-hybridized carbons (Fsp3) is 0.0769. The number of hydrogen-bond donors (Lipinski definition) is 3. The van der Waals surface area contributed by atoms with Crippen molar-refractivity contribution in [1.29, 1.82) is 0 Å². The van der Waals surface area contributed by atoms with Crippen LogP contribution >= 0.6 is 15.9 Å². The van der Waals surface area contributed by atoms with Crippen LogP contribution in [0.3, 0.4) is 0 Å². The Kier molecular flexibility index (Phi) is 4.03. The second-order valence-corrected chi connectivity index (χ2v) is 6.79. The number of aryl methyl sites for hydroxylation is 1. The van der Waals surface area contributed by atoms with E-state index in [1.807, 2.05) is 25.1 Å². The smallest absolute Gasteiger partial charge is 0.240 e. The van der Waals surface area contributed by atoms with Gasteiger partial charge in [-0.2, -0.15) is 0 Å². The molecule has 0 aliphatic carbocycles. The highest BCUT2D eigenvalue weighted by molar-refractivity contribution is 9.10. The van der Waals surface area contributed by atoms with Crippen molar-refractivity contribution in [1.82, 2.24) is 0 Å². The fourth-order valence-electron chi connectivity index (χ4n) is 1.76. The maximum atomic E-state index is 11.6. The van der Waals surface area contributed by atoms with Gasteiger partial charge in [0.1, 0.15) is 4.90 Å². The van der Waals surface area contributed by atoms with Gasteiger partial charge in [0.05, 0.1) is 11.4 Å². The van der Waals surface area contributed by atoms with Crippen molar-refractivity contribution >= 4 is 43.0 Å². The van der Waals surface area contributed by atoms with E-state index < -0.39 is 10.0 Å². The number of rotatable bonds is 3. The third-order valence-corrected chi connectivity index (χ3v) is 4.35. The van der Waals surface area contributed by atoms with Crippen LogP contribution in [-0.2, 0) is 10.0 Å². The minimum Gasteiger partial charge on any atom is -0.399 e. The lowest BCUT2D eigenvalue weighted by atomic mass is 10.2. The number of hydrogen-bond acceptors (Lipinski definition) is 4. The highest BCUT2D eigenvalue weighted by Gasteiger charge is 2.15. The quantitative estimate of drug-likeness (QED) is 0.737. The standard InChI is InChI=1S/C13H14BrN3O2S/c1-8-2-4-10(14)12(6-8)17-11-5-3-9(15)7-13(11)20(16,18)19/h2-7,17H,15H2,1H3,(H2,16,18,19). The summed E-state index contributed by atoms with van der Waals surface area (Å²) in [5.74, 6) is 0. The van der Waals surface area contributed by atoms with E-state index in [1.165, 1.54) is 6.07 Å². The van der Waals surface area contributed by atoms with Gasteiger partial charge in [-0.3, -0.25) is 0 Å². The second-order valence-electron chi connectivity index (χ2n) is 4.41. The predicted molar refractivity (Wildman–Crippen MR) is 84.4 cm³/mol. The minimum atomic E-state index is -3.86. The molecule has 106 valence electrons. The monoisotopic (exact) mass is 355 g/mol. The molecule has 0 fully saturated rings. The van der Waals surface area contributed by atoms with E-state index in [0.29, 0.717) is 11.4 Å². The Bertz CT molecular complexity index is 760. The van der Waals surface area contributed by atoms with Gasteiger partial charge in [0.15, 0.2) is 0 Å². The Morgan fingerprint density at radius 2 is 1.80 bits per heavy atom. The molecule has 0 aliphatic rings. The maximum Gasteiger partial charge on any atom is 0.240 e. The molecule has 0 aromatic heterocycles. The third kappa shape index (κ3) is 3.30. The van der Waals surface area contributed by atoms with E-state index in [0.717, 1.165) is 15.7 Å². The summed E-state index contributed by atoms with van der Waals surface area (Å²) < 4.78 is 24.1. The fourth-order valence-corrected chi connectivity index (χ4v) is 2.83. The van der Waals surface area contributed by atoms with Crippen LogP contribution in [0.25, 0.3) is 0 Å². The van der Waals surface area contributed by atoms with Gasteiger partial charge in [0.2, 0.25) is 10.0 Å². The molecular formula is C13H14BrN3O2S. The second kappa shape index (κ2) is 5.43. The summed E-state index contributed by atoms with van der Waals surface area (Å²) in [5, 5.41) is 8.27. The summed E-state index contributed by atoms with van der Waals surface area (Å²) >= 11 is 3.41. The molecule has 0 saturated carbocycles. The topological polar surface area (TPSA) is 98.2 Å². The number of nitrogen functional groups attached to an aromatic ring is 1. The van der Waals surface area contributed by atoms with Crippen molar-refractivity contribution in [2.45, 2.75) is 11.8 Å². The Balaban J connectivity index is 2.52. The number of primary sulfonamides is 1. The normalized spacial score (nSPS) is 11.3. The van der Waals surface area contributed by atoms with Crippen LogP contribution in [0.2, 0.25) is 0 Å². The summed E-state index contributed by atoms with van der Waals surface area (Å²) in [6.07, 6.45) is 0. The van der Waals surface area contributed by atoms with Crippen molar-refractivity contribution in [3.8, 4) is 0 Å². The molecule has 0 bridgehead atoms. The molecule has 2 aromatic carbocycles. The summed E-state index contributed by atoms with van der Waals surface area (Å²) in [7, 11) is -3.86. The summed E-state index contributed by atoms with van der Waals surface area (Å²) in [6, 6.07) is 10.3. The molecular weight excluding hydrogens is 342 g/mol. The number of halogens is 1. The Morgan fingerprint density at radius 1 is 1.10 bits per heavy atom. The summed E-state index contributed by atoms with van der Waals surface area (Å²) in [6.45, 7) is 1.95. The van der Waals surface area contributed by atoms with Gasteiger partial charge in [-0.15, -0.1) is 0 Å². The van der Waals surface area contributed by atoms with Gasteiger partial charge in [0.25, 0.3) is 0 Å². The average Bonchev–Trinajstić information content (AvgIpc) is 2.34. The number of nitrogens with one attached hydrogen (secondary N) is 1. The first-order chi connectivity index (χ1) is 9.27. The Hall–Kier alpha value is -1.57. The van der Waals surface area contributed by atoms with Crippen LogP contribution in [-0.4, -0.2) is 8.42 Å². The van der Waals surface area contributed by atoms with Crippen molar-refractivity contribution in [2.75, 3.05) is 11.1 Å². The Labute approximate surface area is 126 Å². The van der Waals surface area contributed by atoms with Crippen LogP contribution < -0.4 is 16.2 Å². The molecule has 5 nitrogen and oxygen atoms in total. The molecule has 0 heterocycles. The van der Waals surface area contributed by atoms with Crippen molar-refractivity contribution in [3.05, 3.63) is 46.4 Å². The zero-order valence-electron chi connectivity index (χ0n) is 10.7. The van der Waals surface area contributed by atoms with Crippen LogP contribution in [0, 0.1) is 6.92 Å². The van der Waals surface area contributed by atoms with E-state index in [1.54, 1.807) is 12.1 Å². The largest absolute Gasteiger partial charge is 0.399 e. The molecule has 2 rings (SSSR count). The summed E-state index contributed by atoms with van der Waals surface area (Å²) in [5.41, 5.74) is 8.13.